The molecule has 2 aromatic heterocycles. The minimum absolute atomic E-state index is 0.334. The predicted octanol–water partition coefficient (Wildman–Crippen LogP) is 2.69. The van der Waals surface area contributed by atoms with Gasteiger partial charge in [0.1, 0.15) is 5.69 Å². The third-order valence-electron chi connectivity index (χ3n) is 3.79. The van der Waals surface area contributed by atoms with Crippen molar-refractivity contribution >= 4 is 17.6 Å². The van der Waals surface area contributed by atoms with Crippen molar-refractivity contribution in [2.24, 2.45) is 5.92 Å². The predicted molar refractivity (Wildman–Crippen MR) is 78.2 cm³/mol. The number of carboxylic acids is 1. The summed E-state index contributed by atoms with van der Waals surface area (Å²) in [5.74, 6) is -0.514. The maximum atomic E-state index is 11.1. The molecule has 2 heterocycles. The van der Waals surface area contributed by atoms with Gasteiger partial charge in [-0.25, -0.2) is 9.97 Å². The molecule has 1 unspecified atom stereocenters. The van der Waals surface area contributed by atoms with Gasteiger partial charge in [-0.15, -0.1) is 0 Å². The molecule has 0 aliphatic heterocycles. The summed E-state index contributed by atoms with van der Waals surface area (Å²) in [5.41, 5.74) is 3.40. The van der Waals surface area contributed by atoms with Crippen molar-refractivity contribution in [3.05, 3.63) is 40.3 Å². The Balaban J connectivity index is 1.99. The average Bonchev–Trinajstić information content (AvgIpc) is 2.47. The van der Waals surface area contributed by atoms with Crippen LogP contribution < -0.4 is 0 Å². The first-order chi connectivity index (χ1) is 10.0. The zero-order valence-electron chi connectivity index (χ0n) is 11.5. The third-order valence-corrected chi connectivity index (χ3v) is 4.01. The summed E-state index contributed by atoms with van der Waals surface area (Å²) in [6.07, 6.45) is 3.35. The smallest absolute Gasteiger partial charge is 0.306 e. The quantitative estimate of drug-likeness (QED) is 0.923. The van der Waals surface area contributed by atoms with Gasteiger partial charge in [0.2, 0.25) is 0 Å². The summed E-state index contributed by atoms with van der Waals surface area (Å²) in [6.45, 7) is 1.89. The molecule has 0 radical (unpaired) electrons. The highest BCUT2D eigenvalue weighted by atomic mass is 35.5. The maximum absolute atomic E-state index is 11.1. The van der Waals surface area contributed by atoms with E-state index in [0.29, 0.717) is 35.8 Å². The van der Waals surface area contributed by atoms with E-state index in [4.69, 9.17) is 16.7 Å². The highest BCUT2D eigenvalue weighted by molar-refractivity contribution is 6.30. The Bertz CT molecular complexity index is 701. The van der Waals surface area contributed by atoms with Crippen LogP contribution in [-0.4, -0.2) is 26.0 Å². The third kappa shape index (κ3) is 2.74. The molecule has 6 heteroatoms. The van der Waals surface area contributed by atoms with Crippen molar-refractivity contribution < 1.29 is 9.90 Å². The lowest BCUT2D eigenvalue weighted by Crippen LogP contribution is -2.24. The molecule has 108 valence electrons. The molecule has 21 heavy (non-hydrogen) atoms. The molecule has 1 aliphatic carbocycles. The summed E-state index contributed by atoms with van der Waals surface area (Å²) < 4.78 is 0. The van der Waals surface area contributed by atoms with Crippen LogP contribution >= 0.6 is 11.6 Å². The Kier molecular flexibility index (Phi) is 3.59. The largest absolute Gasteiger partial charge is 0.481 e. The molecule has 0 saturated heterocycles. The lowest BCUT2D eigenvalue weighted by molar-refractivity contribution is -0.142. The second kappa shape index (κ2) is 5.41. The van der Waals surface area contributed by atoms with E-state index in [2.05, 4.69) is 15.0 Å². The van der Waals surface area contributed by atoms with Gasteiger partial charge in [0.15, 0.2) is 5.82 Å². The van der Waals surface area contributed by atoms with E-state index >= 15 is 0 Å². The van der Waals surface area contributed by atoms with Gasteiger partial charge in [-0.2, -0.15) is 0 Å². The van der Waals surface area contributed by atoms with Crippen LogP contribution in [0.15, 0.2) is 18.3 Å². The topological polar surface area (TPSA) is 76.0 Å². The molecule has 1 aliphatic rings. The number of hydrogen-bond donors (Lipinski definition) is 1. The first-order valence-corrected chi connectivity index (χ1v) is 7.13. The van der Waals surface area contributed by atoms with Crippen LogP contribution in [-0.2, 0) is 17.6 Å². The molecule has 0 bridgehead atoms. The molecule has 1 atom stereocenters. The van der Waals surface area contributed by atoms with E-state index in [1.54, 1.807) is 18.3 Å². The van der Waals surface area contributed by atoms with E-state index in [0.717, 1.165) is 17.0 Å². The zero-order valence-corrected chi connectivity index (χ0v) is 12.3. The van der Waals surface area contributed by atoms with Crippen LogP contribution in [0.3, 0.4) is 0 Å². The van der Waals surface area contributed by atoms with Gasteiger partial charge in [0, 0.05) is 17.6 Å². The molecule has 5 nitrogen and oxygen atoms in total. The molecule has 0 fully saturated rings. The monoisotopic (exact) mass is 303 g/mol. The number of carbonyl (C=O) groups is 1. The number of pyridine rings is 1. The Hall–Kier alpha value is -2.01. The number of halogens is 1. The van der Waals surface area contributed by atoms with Crippen molar-refractivity contribution in [2.75, 3.05) is 0 Å². The fraction of sp³-hybridized carbons (Fsp3) is 0.333. The number of aliphatic carboxylic acids is 1. The van der Waals surface area contributed by atoms with Crippen LogP contribution in [0.25, 0.3) is 11.5 Å². The second-order valence-electron chi connectivity index (χ2n) is 5.20. The van der Waals surface area contributed by atoms with Gasteiger partial charge in [-0.1, -0.05) is 11.6 Å². The Morgan fingerprint density at radius 1 is 1.38 bits per heavy atom. The van der Waals surface area contributed by atoms with Gasteiger partial charge >= 0.3 is 5.97 Å². The molecule has 0 aromatic carbocycles. The van der Waals surface area contributed by atoms with Gasteiger partial charge in [0.25, 0.3) is 0 Å². The lowest BCUT2D eigenvalue weighted by Gasteiger charge is -2.22. The normalized spacial score (nSPS) is 17.3. The summed E-state index contributed by atoms with van der Waals surface area (Å²) in [4.78, 5) is 24.4. The first kappa shape index (κ1) is 13.9. The Labute approximate surface area is 127 Å². The maximum Gasteiger partial charge on any atom is 0.306 e. The van der Waals surface area contributed by atoms with Crippen molar-refractivity contribution in [1.29, 1.82) is 0 Å². The summed E-state index contributed by atoms with van der Waals surface area (Å²) >= 11 is 5.83. The van der Waals surface area contributed by atoms with Gasteiger partial charge in [0.05, 0.1) is 10.9 Å². The first-order valence-electron chi connectivity index (χ1n) is 6.75. The molecular formula is C15H14ClN3O2. The SMILES string of the molecule is Cc1nc(-c2ccc(Cl)cn2)nc2c1CC(C(=O)O)CC2. The molecular weight excluding hydrogens is 290 g/mol. The molecule has 0 saturated carbocycles. The van der Waals surface area contributed by atoms with E-state index in [9.17, 15) is 4.79 Å². The molecule has 1 N–H and O–H groups in total. The Morgan fingerprint density at radius 2 is 2.19 bits per heavy atom. The number of rotatable bonds is 2. The minimum Gasteiger partial charge on any atom is -0.481 e. The van der Waals surface area contributed by atoms with Gasteiger partial charge in [-0.3, -0.25) is 9.78 Å². The number of aryl methyl sites for hydroxylation is 2. The fourth-order valence-electron chi connectivity index (χ4n) is 2.62. The minimum atomic E-state index is -0.747. The van der Waals surface area contributed by atoms with Crippen LogP contribution in [0.1, 0.15) is 23.4 Å². The average molecular weight is 304 g/mol. The van der Waals surface area contributed by atoms with E-state index in [1.807, 2.05) is 6.92 Å². The summed E-state index contributed by atoms with van der Waals surface area (Å²) in [6, 6.07) is 3.54. The number of nitrogens with zero attached hydrogens (tertiary/aromatic N) is 3. The zero-order chi connectivity index (χ0) is 15.0. The number of aromatic nitrogens is 3. The van der Waals surface area contributed by atoms with Crippen LogP contribution in [0.2, 0.25) is 5.02 Å². The van der Waals surface area contributed by atoms with Crippen LogP contribution in [0.5, 0.6) is 0 Å². The van der Waals surface area contributed by atoms with E-state index in [1.165, 1.54) is 0 Å². The van der Waals surface area contributed by atoms with Crippen molar-refractivity contribution in [3.63, 3.8) is 0 Å². The summed E-state index contributed by atoms with van der Waals surface area (Å²) in [5, 5.41) is 9.72. The molecule has 0 spiro atoms. The Morgan fingerprint density at radius 3 is 2.86 bits per heavy atom. The standard InChI is InChI=1S/C15H14ClN3O2/c1-8-11-6-9(15(20)21)2-4-12(11)19-14(18-8)13-5-3-10(16)7-17-13/h3,5,7,9H,2,4,6H2,1H3,(H,20,21). The van der Waals surface area contributed by atoms with Crippen molar-refractivity contribution in [3.8, 4) is 11.5 Å². The van der Waals surface area contributed by atoms with Crippen LogP contribution in [0, 0.1) is 12.8 Å². The second-order valence-corrected chi connectivity index (χ2v) is 5.63. The van der Waals surface area contributed by atoms with Gasteiger partial charge in [-0.05, 0) is 43.9 Å². The molecule has 3 rings (SSSR count). The van der Waals surface area contributed by atoms with Gasteiger partial charge < -0.3 is 5.11 Å². The van der Waals surface area contributed by atoms with Crippen molar-refractivity contribution in [2.45, 2.75) is 26.2 Å². The number of hydrogen-bond acceptors (Lipinski definition) is 4. The molecule has 0 amide bonds. The highest BCUT2D eigenvalue weighted by Crippen LogP contribution is 2.28. The van der Waals surface area contributed by atoms with Crippen molar-refractivity contribution in [1.82, 2.24) is 15.0 Å². The van der Waals surface area contributed by atoms with E-state index in [-0.39, 0.29) is 5.92 Å². The molecule has 2 aromatic rings. The fourth-order valence-corrected chi connectivity index (χ4v) is 2.73. The highest BCUT2D eigenvalue weighted by Gasteiger charge is 2.27. The van der Waals surface area contributed by atoms with E-state index < -0.39 is 5.97 Å². The number of carboxylic acid groups (broad SMARTS) is 1. The summed E-state index contributed by atoms with van der Waals surface area (Å²) in [7, 11) is 0. The van der Waals surface area contributed by atoms with Crippen LogP contribution in [0.4, 0.5) is 0 Å². The number of fused-ring (bicyclic) bond motifs is 1. The lowest BCUT2D eigenvalue weighted by atomic mass is 9.86.